The first kappa shape index (κ1) is 18.3. The molecule has 0 aliphatic carbocycles. The van der Waals surface area contributed by atoms with Crippen LogP contribution in [0.5, 0.6) is 0 Å². The SMILES string of the molecule is C=CCN1C(=O)/C(=C\c2c(NCCO)nc3ccccn3c2=O)SC1=S. The van der Waals surface area contributed by atoms with Crippen LogP contribution in [0.1, 0.15) is 5.56 Å². The van der Waals surface area contributed by atoms with Crippen LogP contribution >= 0.6 is 24.0 Å². The molecule has 2 N–H and O–H groups in total. The fourth-order valence-electron chi connectivity index (χ4n) is 2.46. The summed E-state index contributed by atoms with van der Waals surface area (Å²) in [5.41, 5.74) is 0.389. The molecule has 0 spiro atoms. The van der Waals surface area contributed by atoms with Gasteiger partial charge in [-0.2, -0.15) is 0 Å². The third-order valence-electron chi connectivity index (χ3n) is 3.63. The molecule has 2 aromatic rings. The molecular weight excluding hydrogens is 372 g/mol. The molecule has 3 heterocycles. The summed E-state index contributed by atoms with van der Waals surface area (Å²) in [7, 11) is 0. The minimum absolute atomic E-state index is 0.114. The number of rotatable bonds is 6. The van der Waals surface area contributed by atoms with Gasteiger partial charge in [-0.15, -0.1) is 6.58 Å². The van der Waals surface area contributed by atoms with Gasteiger partial charge in [-0.1, -0.05) is 36.1 Å². The molecule has 1 aliphatic rings. The van der Waals surface area contributed by atoms with E-state index in [9.17, 15) is 9.59 Å². The van der Waals surface area contributed by atoms with E-state index in [4.69, 9.17) is 17.3 Å². The van der Waals surface area contributed by atoms with Gasteiger partial charge in [-0.3, -0.25) is 18.9 Å². The number of carbonyl (C=O) groups excluding carboxylic acids is 1. The monoisotopic (exact) mass is 388 g/mol. The number of aliphatic hydroxyl groups is 1. The van der Waals surface area contributed by atoms with Gasteiger partial charge >= 0.3 is 0 Å². The smallest absolute Gasteiger partial charge is 0.267 e. The van der Waals surface area contributed by atoms with E-state index < -0.39 is 0 Å². The number of aromatic nitrogens is 2. The van der Waals surface area contributed by atoms with Gasteiger partial charge in [0.15, 0.2) is 0 Å². The van der Waals surface area contributed by atoms with Crippen molar-refractivity contribution < 1.29 is 9.90 Å². The topological polar surface area (TPSA) is 86.9 Å². The maximum Gasteiger partial charge on any atom is 0.267 e. The van der Waals surface area contributed by atoms with Gasteiger partial charge in [0, 0.05) is 19.3 Å². The number of fused-ring (bicyclic) bond motifs is 1. The van der Waals surface area contributed by atoms with E-state index >= 15 is 0 Å². The predicted molar refractivity (Wildman–Crippen MR) is 107 cm³/mol. The highest BCUT2D eigenvalue weighted by Crippen LogP contribution is 2.32. The highest BCUT2D eigenvalue weighted by atomic mass is 32.2. The van der Waals surface area contributed by atoms with Crippen molar-refractivity contribution in [1.29, 1.82) is 0 Å². The number of thiocarbonyl (C=S) groups is 1. The summed E-state index contributed by atoms with van der Waals surface area (Å²) in [6.07, 6.45) is 4.70. The van der Waals surface area contributed by atoms with E-state index in [0.29, 0.717) is 27.2 Å². The lowest BCUT2D eigenvalue weighted by Gasteiger charge is -2.11. The Hall–Kier alpha value is -2.49. The minimum atomic E-state index is -0.315. The van der Waals surface area contributed by atoms with Gasteiger partial charge in [0.25, 0.3) is 11.5 Å². The van der Waals surface area contributed by atoms with Crippen molar-refractivity contribution in [3.05, 3.63) is 57.9 Å². The number of thioether (sulfide) groups is 1. The summed E-state index contributed by atoms with van der Waals surface area (Å²) in [6.45, 7) is 4.05. The summed E-state index contributed by atoms with van der Waals surface area (Å²) >= 11 is 6.35. The van der Waals surface area contributed by atoms with Gasteiger partial charge in [0.1, 0.15) is 15.8 Å². The second-order valence-electron chi connectivity index (χ2n) is 5.34. The lowest BCUT2D eigenvalue weighted by molar-refractivity contribution is -0.121. The Labute approximate surface area is 159 Å². The van der Waals surface area contributed by atoms with Crippen molar-refractivity contribution in [3.63, 3.8) is 0 Å². The van der Waals surface area contributed by atoms with Crippen molar-refractivity contribution in [1.82, 2.24) is 14.3 Å². The quantitative estimate of drug-likeness (QED) is 0.440. The predicted octanol–water partition coefficient (Wildman–Crippen LogP) is 1.49. The summed E-state index contributed by atoms with van der Waals surface area (Å²) in [4.78, 5) is 31.6. The largest absolute Gasteiger partial charge is 0.395 e. The average molecular weight is 388 g/mol. The fraction of sp³-hybridized carbons (Fsp3) is 0.176. The van der Waals surface area contributed by atoms with Crippen LogP contribution in [0.25, 0.3) is 11.7 Å². The molecule has 1 amide bonds. The number of anilines is 1. The Morgan fingerprint density at radius 3 is 2.92 bits per heavy atom. The molecule has 26 heavy (non-hydrogen) atoms. The average Bonchev–Trinajstić information content (AvgIpc) is 2.90. The van der Waals surface area contributed by atoms with E-state index in [2.05, 4.69) is 16.9 Å². The fourth-order valence-corrected chi connectivity index (χ4v) is 3.72. The van der Waals surface area contributed by atoms with E-state index in [0.717, 1.165) is 11.8 Å². The van der Waals surface area contributed by atoms with Gasteiger partial charge in [0.05, 0.1) is 17.1 Å². The summed E-state index contributed by atoms with van der Waals surface area (Å²) in [5, 5.41) is 12.0. The highest BCUT2D eigenvalue weighted by molar-refractivity contribution is 8.26. The summed E-state index contributed by atoms with van der Waals surface area (Å²) < 4.78 is 1.82. The standard InChI is InChI=1S/C17H16N4O3S2/c1-2-7-21-16(24)12(26-17(21)25)10-11-14(18-6-9-22)19-13-5-3-4-8-20(13)15(11)23/h2-5,8,10,18,22H,1,6-7,9H2/b12-10+. The van der Waals surface area contributed by atoms with Crippen molar-refractivity contribution in [2.45, 2.75) is 0 Å². The van der Waals surface area contributed by atoms with Gasteiger partial charge < -0.3 is 10.4 Å². The first-order chi connectivity index (χ1) is 12.6. The van der Waals surface area contributed by atoms with E-state index in [-0.39, 0.29) is 30.2 Å². The Balaban J connectivity index is 2.13. The molecule has 7 nitrogen and oxygen atoms in total. The molecule has 1 aliphatic heterocycles. The number of pyridine rings is 1. The number of nitrogens with one attached hydrogen (secondary N) is 1. The maximum absolute atomic E-state index is 12.9. The van der Waals surface area contributed by atoms with Crippen molar-refractivity contribution in [3.8, 4) is 0 Å². The Bertz CT molecular complexity index is 984. The lowest BCUT2D eigenvalue weighted by atomic mass is 10.2. The molecule has 2 aromatic heterocycles. The van der Waals surface area contributed by atoms with Crippen LogP contribution in [0.2, 0.25) is 0 Å². The normalized spacial score (nSPS) is 15.9. The number of aliphatic hydroxyl groups excluding tert-OH is 1. The molecule has 0 aromatic carbocycles. The zero-order chi connectivity index (χ0) is 18.7. The number of amides is 1. The van der Waals surface area contributed by atoms with E-state index in [1.54, 1.807) is 30.5 Å². The van der Waals surface area contributed by atoms with E-state index in [1.807, 2.05) is 0 Å². The maximum atomic E-state index is 12.9. The van der Waals surface area contributed by atoms with Crippen LogP contribution in [-0.4, -0.2) is 49.3 Å². The van der Waals surface area contributed by atoms with Gasteiger partial charge in [0.2, 0.25) is 0 Å². The molecule has 0 saturated carbocycles. The van der Waals surface area contributed by atoms with Crippen molar-refractivity contribution in [2.75, 3.05) is 25.0 Å². The summed E-state index contributed by atoms with van der Waals surface area (Å²) in [6, 6.07) is 5.21. The van der Waals surface area contributed by atoms with Crippen LogP contribution in [0.3, 0.4) is 0 Å². The number of hydrogen-bond donors (Lipinski definition) is 2. The Morgan fingerprint density at radius 2 is 2.19 bits per heavy atom. The number of carbonyl (C=O) groups is 1. The summed E-state index contributed by atoms with van der Waals surface area (Å²) in [5.74, 6) is 0.0369. The van der Waals surface area contributed by atoms with Gasteiger partial charge in [-0.05, 0) is 18.2 Å². The molecule has 3 rings (SSSR count). The first-order valence-corrected chi connectivity index (χ1v) is 9.01. The van der Waals surface area contributed by atoms with Crippen molar-refractivity contribution in [2.24, 2.45) is 0 Å². The third kappa shape index (κ3) is 3.41. The molecule has 134 valence electrons. The lowest BCUT2D eigenvalue weighted by Crippen LogP contribution is -2.28. The van der Waals surface area contributed by atoms with Crippen molar-refractivity contribution >= 4 is 51.7 Å². The highest BCUT2D eigenvalue weighted by Gasteiger charge is 2.31. The molecule has 1 fully saturated rings. The van der Waals surface area contributed by atoms with Crippen LogP contribution < -0.4 is 10.9 Å². The zero-order valence-electron chi connectivity index (χ0n) is 13.7. The van der Waals surface area contributed by atoms with E-state index in [1.165, 1.54) is 15.4 Å². The van der Waals surface area contributed by atoms with Crippen LogP contribution in [0.15, 0.2) is 46.8 Å². The van der Waals surface area contributed by atoms with Crippen LogP contribution in [0, 0.1) is 0 Å². The number of hydrogen-bond acceptors (Lipinski definition) is 7. The zero-order valence-corrected chi connectivity index (χ0v) is 15.3. The number of nitrogens with zero attached hydrogens (tertiary/aromatic N) is 3. The molecule has 0 atom stereocenters. The van der Waals surface area contributed by atoms with Gasteiger partial charge in [-0.25, -0.2) is 4.98 Å². The Kier molecular flexibility index (Phi) is 5.50. The minimum Gasteiger partial charge on any atom is -0.395 e. The molecule has 9 heteroatoms. The third-order valence-corrected chi connectivity index (χ3v) is 5.01. The Morgan fingerprint density at radius 1 is 1.38 bits per heavy atom. The van der Waals surface area contributed by atoms with Crippen LogP contribution in [-0.2, 0) is 4.79 Å². The van der Waals surface area contributed by atoms with Crippen LogP contribution in [0.4, 0.5) is 5.82 Å². The second kappa shape index (κ2) is 7.81. The molecular formula is C17H16N4O3S2. The first-order valence-electron chi connectivity index (χ1n) is 7.79. The molecule has 0 radical (unpaired) electrons. The second-order valence-corrected chi connectivity index (χ2v) is 7.02. The molecule has 0 bridgehead atoms. The molecule has 1 saturated heterocycles. The molecule has 0 unspecified atom stereocenters.